The van der Waals surface area contributed by atoms with Gasteiger partial charge in [0.1, 0.15) is 6.04 Å². The molecule has 0 saturated heterocycles. The fourth-order valence-electron chi connectivity index (χ4n) is 2.14. The lowest BCUT2D eigenvalue weighted by atomic mass is 10.1. The summed E-state index contributed by atoms with van der Waals surface area (Å²) in [5.74, 6) is -0.379. The summed E-state index contributed by atoms with van der Waals surface area (Å²) < 4.78 is 0. The van der Waals surface area contributed by atoms with Gasteiger partial charge in [-0.3, -0.25) is 4.79 Å². The average molecular weight is 183 g/mol. The maximum absolute atomic E-state index is 10.7. The molecule has 4 heteroatoms. The second-order valence-electron chi connectivity index (χ2n) is 4.17. The minimum Gasteiger partial charge on any atom is -0.480 e. The van der Waals surface area contributed by atoms with Crippen molar-refractivity contribution in [2.75, 3.05) is 0 Å². The SMILES string of the molecule is O=CNC(CC1CC12CC2)C(=O)O. The first kappa shape index (κ1) is 8.53. The molecule has 72 valence electrons. The lowest BCUT2D eigenvalue weighted by Crippen LogP contribution is -2.36. The molecule has 2 saturated carbocycles. The zero-order valence-electron chi connectivity index (χ0n) is 7.32. The monoisotopic (exact) mass is 183 g/mol. The molecule has 2 rings (SSSR count). The Kier molecular flexibility index (Phi) is 1.78. The van der Waals surface area contributed by atoms with Crippen LogP contribution in [0.1, 0.15) is 25.7 Å². The highest BCUT2D eigenvalue weighted by atomic mass is 16.4. The number of hydrogen-bond donors (Lipinski definition) is 2. The topological polar surface area (TPSA) is 66.4 Å². The van der Waals surface area contributed by atoms with Crippen molar-refractivity contribution in [3.05, 3.63) is 0 Å². The van der Waals surface area contributed by atoms with Crippen LogP contribution in [0.2, 0.25) is 0 Å². The Morgan fingerprint density at radius 1 is 1.69 bits per heavy atom. The minimum atomic E-state index is -0.921. The highest BCUT2D eigenvalue weighted by Crippen LogP contribution is 2.71. The van der Waals surface area contributed by atoms with Gasteiger partial charge in [-0.25, -0.2) is 4.79 Å². The lowest BCUT2D eigenvalue weighted by Gasteiger charge is -2.09. The van der Waals surface area contributed by atoms with Crippen molar-refractivity contribution in [2.24, 2.45) is 11.3 Å². The van der Waals surface area contributed by atoms with Crippen molar-refractivity contribution in [2.45, 2.75) is 31.7 Å². The molecule has 0 radical (unpaired) electrons. The Morgan fingerprint density at radius 3 is 2.77 bits per heavy atom. The van der Waals surface area contributed by atoms with E-state index in [1.165, 1.54) is 12.8 Å². The van der Waals surface area contributed by atoms with Gasteiger partial charge in [-0.15, -0.1) is 0 Å². The second kappa shape index (κ2) is 2.72. The summed E-state index contributed by atoms with van der Waals surface area (Å²) in [4.78, 5) is 20.8. The number of aliphatic carboxylic acids is 1. The molecule has 2 unspecified atom stereocenters. The molecule has 2 aliphatic carbocycles. The predicted octanol–water partition coefficient (Wildman–Crippen LogP) is 0.376. The van der Waals surface area contributed by atoms with Crippen LogP contribution in [0.15, 0.2) is 0 Å². The number of carboxylic acid groups (broad SMARTS) is 1. The van der Waals surface area contributed by atoms with Crippen LogP contribution < -0.4 is 5.32 Å². The molecule has 2 fully saturated rings. The summed E-state index contributed by atoms with van der Waals surface area (Å²) in [6.45, 7) is 0. The normalized spacial score (nSPS) is 29.4. The van der Waals surface area contributed by atoms with Crippen LogP contribution in [0.5, 0.6) is 0 Å². The number of hydrogen-bond acceptors (Lipinski definition) is 2. The van der Waals surface area contributed by atoms with Gasteiger partial charge in [-0.1, -0.05) is 0 Å². The molecule has 1 amide bonds. The van der Waals surface area contributed by atoms with Crippen molar-refractivity contribution in [1.82, 2.24) is 5.32 Å². The zero-order chi connectivity index (χ0) is 9.47. The van der Waals surface area contributed by atoms with Crippen molar-refractivity contribution in [1.29, 1.82) is 0 Å². The van der Waals surface area contributed by atoms with E-state index in [9.17, 15) is 9.59 Å². The Morgan fingerprint density at radius 2 is 2.38 bits per heavy atom. The molecule has 4 nitrogen and oxygen atoms in total. The first-order valence-corrected chi connectivity index (χ1v) is 4.60. The van der Waals surface area contributed by atoms with Gasteiger partial charge in [-0.2, -0.15) is 0 Å². The summed E-state index contributed by atoms with van der Waals surface area (Å²) in [6.07, 6.45) is 4.75. The van der Waals surface area contributed by atoms with Crippen molar-refractivity contribution in [3.8, 4) is 0 Å². The number of nitrogens with one attached hydrogen (secondary N) is 1. The highest BCUT2D eigenvalue weighted by molar-refractivity contribution is 5.76. The smallest absolute Gasteiger partial charge is 0.326 e. The van der Waals surface area contributed by atoms with Crippen LogP contribution >= 0.6 is 0 Å². The molecule has 2 N–H and O–H groups in total. The van der Waals surface area contributed by atoms with Gasteiger partial charge in [0.2, 0.25) is 6.41 Å². The van der Waals surface area contributed by atoms with E-state index in [2.05, 4.69) is 5.32 Å². The third-order valence-corrected chi connectivity index (χ3v) is 3.34. The van der Waals surface area contributed by atoms with Gasteiger partial charge in [0.25, 0.3) is 0 Å². The summed E-state index contributed by atoms with van der Waals surface area (Å²) >= 11 is 0. The molecule has 1 spiro atoms. The molecular weight excluding hydrogens is 170 g/mol. The molecule has 0 aliphatic heterocycles. The molecule has 2 atom stereocenters. The van der Waals surface area contributed by atoms with Gasteiger partial charge in [0.15, 0.2) is 0 Å². The van der Waals surface area contributed by atoms with Crippen LogP contribution in [0.4, 0.5) is 0 Å². The standard InChI is InChI=1S/C9H13NO3/c11-5-10-7(8(12)13)3-6-4-9(6)1-2-9/h5-7H,1-4H2,(H,10,11)(H,12,13). The largest absolute Gasteiger partial charge is 0.480 e. The highest BCUT2D eigenvalue weighted by Gasteiger charge is 2.62. The number of carbonyl (C=O) groups excluding carboxylic acids is 1. The molecule has 0 aromatic carbocycles. The van der Waals surface area contributed by atoms with E-state index < -0.39 is 12.0 Å². The van der Waals surface area contributed by atoms with Crippen LogP contribution in [-0.2, 0) is 9.59 Å². The van der Waals surface area contributed by atoms with E-state index in [-0.39, 0.29) is 0 Å². The Hall–Kier alpha value is -1.06. The molecular formula is C9H13NO3. The average Bonchev–Trinajstić information content (AvgIpc) is 2.94. The van der Waals surface area contributed by atoms with Gasteiger partial charge < -0.3 is 10.4 Å². The molecule has 0 heterocycles. The number of carbonyl (C=O) groups is 2. The predicted molar refractivity (Wildman–Crippen MR) is 45.0 cm³/mol. The van der Waals surface area contributed by atoms with Gasteiger partial charge in [-0.05, 0) is 37.0 Å². The summed E-state index contributed by atoms with van der Waals surface area (Å²) in [5, 5.41) is 11.1. The summed E-state index contributed by atoms with van der Waals surface area (Å²) in [7, 11) is 0. The number of rotatable bonds is 5. The van der Waals surface area contributed by atoms with Crippen molar-refractivity contribution < 1.29 is 14.7 Å². The van der Waals surface area contributed by atoms with E-state index >= 15 is 0 Å². The number of carboxylic acids is 1. The third kappa shape index (κ3) is 1.53. The van der Waals surface area contributed by atoms with Crippen LogP contribution in [0.25, 0.3) is 0 Å². The maximum atomic E-state index is 10.7. The molecule has 2 aliphatic rings. The van der Waals surface area contributed by atoms with Gasteiger partial charge in [0.05, 0.1) is 0 Å². The quantitative estimate of drug-likeness (QED) is 0.605. The Balaban J connectivity index is 1.83. The fourth-order valence-corrected chi connectivity index (χ4v) is 2.14. The van der Waals surface area contributed by atoms with Crippen molar-refractivity contribution in [3.63, 3.8) is 0 Å². The van der Waals surface area contributed by atoms with E-state index in [1.54, 1.807) is 0 Å². The molecule has 0 bridgehead atoms. The summed E-state index contributed by atoms with van der Waals surface area (Å²) in [5.41, 5.74) is 0.512. The first-order chi connectivity index (χ1) is 6.18. The third-order valence-electron chi connectivity index (χ3n) is 3.34. The zero-order valence-corrected chi connectivity index (χ0v) is 7.32. The second-order valence-corrected chi connectivity index (χ2v) is 4.17. The minimum absolute atomic E-state index is 0.473. The summed E-state index contributed by atoms with van der Waals surface area (Å²) in [6, 6.07) is -0.678. The van der Waals surface area contributed by atoms with E-state index in [1.807, 2.05) is 0 Å². The van der Waals surface area contributed by atoms with E-state index in [0.717, 1.165) is 6.42 Å². The van der Waals surface area contributed by atoms with E-state index in [0.29, 0.717) is 24.2 Å². The van der Waals surface area contributed by atoms with Crippen LogP contribution in [-0.4, -0.2) is 23.5 Å². The number of amides is 1. The molecule has 13 heavy (non-hydrogen) atoms. The molecule has 0 aromatic heterocycles. The molecule has 0 aromatic rings. The van der Waals surface area contributed by atoms with Crippen LogP contribution in [0.3, 0.4) is 0 Å². The van der Waals surface area contributed by atoms with Crippen LogP contribution in [0, 0.1) is 11.3 Å². The Labute approximate surface area is 76.3 Å². The van der Waals surface area contributed by atoms with Gasteiger partial charge in [0, 0.05) is 0 Å². The lowest BCUT2D eigenvalue weighted by molar-refractivity contribution is -0.140. The van der Waals surface area contributed by atoms with E-state index in [4.69, 9.17) is 5.11 Å². The van der Waals surface area contributed by atoms with Gasteiger partial charge >= 0.3 is 5.97 Å². The fraction of sp³-hybridized carbons (Fsp3) is 0.778. The Bertz CT molecular complexity index is 247. The van der Waals surface area contributed by atoms with Crippen molar-refractivity contribution >= 4 is 12.4 Å². The maximum Gasteiger partial charge on any atom is 0.326 e. The first-order valence-electron chi connectivity index (χ1n) is 4.60.